The molecule has 2 aromatic heterocycles. The number of thiophene rings is 1. The molecular weight excluding hydrogens is 294 g/mol. The highest BCUT2D eigenvalue weighted by Gasteiger charge is 2.18. The fraction of sp³-hybridized carbons (Fsp3) is 0.308. The molecule has 1 unspecified atom stereocenters. The number of nitrogen functional groups attached to an aromatic ring is 1. The minimum Gasteiger partial charge on any atom is -0.384 e. The first kappa shape index (κ1) is 15.0. The van der Waals surface area contributed by atoms with E-state index in [1.807, 2.05) is 26.0 Å². The summed E-state index contributed by atoms with van der Waals surface area (Å²) < 4.78 is 27.1. The summed E-state index contributed by atoms with van der Waals surface area (Å²) >= 11 is 1.68. The predicted octanol–water partition coefficient (Wildman–Crippen LogP) is 1.94. The van der Waals surface area contributed by atoms with Gasteiger partial charge in [0.05, 0.1) is 4.90 Å². The van der Waals surface area contributed by atoms with Gasteiger partial charge in [-0.05, 0) is 38.5 Å². The number of aryl methyl sites for hydroxylation is 1. The standard InChI is InChI=1S/C13H17N3O2S2/c1-9(7-11-4-3-10(2)19-11)16-20(17,18)12-5-6-15-13(14)8-12/h3-6,8-9,16H,7H2,1-2H3,(H2,14,15). The molecule has 108 valence electrons. The Morgan fingerprint density at radius 3 is 2.75 bits per heavy atom. The molecule has 0 amide bonds. The van der Waals surface area contributed by atoms with Crippen molar-refractivity contribution in [2.24, 2.45) is 0 Å². The summed E-state index contributed by atoms with van der Waals surface area (Å²) in [6.07, 6.45) is 2.05. The largest absolute Gasteiger partial charge is 0.384 e. The van der Waals surface area contributed by atoms with Crippen molar-refractivity contribution in [2.45, 2.75) is 31.2 Å². The van der Waals surface area contributed by atoms with Gasteiger partial charge in [0.15, 0.2) is 0 Å². The molecule has 2 aromatic rings. The van der Waals surface area contributed by atoms with Crippen LogP contribution in [0.15, 0.2) is 35.4 Å². The van der Waals surface area contributed by atoms with Gasteiger partial charge in [0, 0.05) is 28.1 Å². The number of rotatable bonds is 5. The number of aromatic nitrogens is 1. The summed E-state index contributed by atoms with van der Waals surface area (Å²) in [6.45, 7) is 3.87. The minimum absolute atomic E-state index is 0.138. The van der Waals surface area contributed by atoms with E-state index in [1.54, 1.807) is 11.3 Å². The molecule has 20 heavy (non-hydrogen) atoms. The fourth-order valence-corrected chi connectivity index (χ4v) is 4.15. The molecule has 0 saturated carbocycles. The molecule has 0 aliphatic carbocycles. The van der Waals surface area contributed by atoms with Crippen LogP contribution in [0.3, 0.4) is 0 Å². The normalized spacial score (nSPS) is 13.3. The van der Waals surface area contributed by atoms with Gasteiger partial charge in [0.25, 0.3) is 0 Å². The number of nitrogens with zero attached hydrogens (tertiary/aromatic N) is 1. The molecule has 0 radical (unpaired) electrons. The van der Waals surface area contributed by atoms with Gasteiger partial charge in [0.1, 0.15) is 5.82 Å². The number of hydrogen-bond donors (Lipinski definition) is 2. The van der Waals surface area contributed by atoms with Crippen LogP contribution in [0, 0.1) is 6.92 Å². The van der Waals surface area contributed by atoms with Gasteiger partial charge in [-0.25, -0.2) is 18.1 Å². The topological polar surface area (TPSA) is 85.1 Å². The first-order valence-electron chi connectivity index (χ1n) is 6.16. The Morgan fingerprint density at radius 2 is 2.15 bits per heavy atom. The maximum atomic E-state index is 12.2. The third kappa shape index (κ3) is 3.78. The lowest BCUT2D eigenvalue weighted by Crippen LogP contribution is -2.34. The highest BCUT2D eigenvalue weighted by Crippen LogP contribution is 2.18. The highest BCUT2D eigenvalue weighted by atomic mass is 32.2. The van der Waals surface area contributed by atoms with Crippen LogP contribution in [0.25, 0.3) is 0 Å². The van der Waals surface area contributed by atoms with Crippen LogP contribution in [0.2, 0.25) is 0 Å². The van der Waals surface area contributed by atoms with Crippen molar-refractivity contribution in [1.29, 1.82) is 0 Å². The monoisotopic (exact) mass is 311 g/mol. The van der Waals surface area contributed by atoms with E-state index in [-0.39, 0.29) is 16.8 Å². The van der Waals surface area contributed by atoms with E-state index >= 15 is 0 Å². The van der Waals surface area contributed by atoms with Crippen LogP contribution in [0.4, 0.5) is 5.82 Å². The lowest BCUT2D eigenvalue weighted by atomic mass is 10.2. The van der Waals surface area contributed by atoms with E-state index in [1.165, 1.54) is 23.2 Å². The second-order valence-corrected chi connectivity index (χ2v) is 7.74. The molecule has 5 nitrogen and oxygen atoms in total. The van der Waals surface area contributed by atoms with Gasteiger partial charge in [-0.2, -0.15) is 0 Å². The molecule has 0 spiro atoms. The summed E-state index contributed by atoms with van der Waals surface area (Å²) in [5, 5.41) is 0. The molecule has 7 heteroatoms. The lowest BCUT2D eigenvalue weighted by Gasteiger charge is -2.13. The van der Waals surface area contributed by atoms with Crippen LogP contribution in [0.1, 0.15) is 16.7 Å². The van der Waals surface area contributed by atoms with E-state index in [4.69, 9.17) is 5.73 Å². The van der Waals surface area contributed by atoms with E-state index in [9.17, 15) is 8.42 Å². The molecule has 0 saturated heterocycles. The predicted molar refractivity (Wildman–Crippen MR) is 81.2 cm³/mol. The Morgan fingerprint density at radius 1 is 1.40 bits per heavy atom. The van der Waals surface area contributed by atoms with E-state index in [0.717, 1.165) is 4.88 Å². The maximum Gasteiger partial charge on any atom is 0.241 e. The average Bonchev–Trinajstić information content (AvgIpc) is 2.73. The maximum absolute atomic E-state index is 12.2. The summed E-state index contributed by atoms with van der Waals surface area (Å²) in [4.78, 5) is 6.31. The van der Waals surface area contributed by atoms with Gasteiger partial charge < -0.3 is 5.73 Å². The van der Waals surface area contributed by atoms with Crippen LogP contribution >= 0.6 is 11.3 Å². The second kappa shape index (κ2) is 5.90. The molecule has 3 N–H and O–H groups in total. The summed E-state index contributed by atoms with van der Waals surface area (Å²) in [5.74, 6) is 0.189. The zero-order valence-electron chi connectivity index (χ0n) is 11.3. The minimum atomic E-state index is -3.56. The summed E-state index contributed by atoms with van der Waals surface area (Å²) in [7, 11) is -3.56. The molecule has 0 fully saturated rings. The number of hydrogen-bond acceptors (Lipinski definition) is 5. The van der Waals surface area contributed by atoms with Crippen molar-refractivity contribution in [3.8, 4) is 0 Å². The molecule has 0 bridgehead atoms. The first-order chi connectivity index (χ1) is 9.37. The summed E-state index contributed by atoms with van der Waals surface area (Å²) in [6, 6.07) is 6.65. The zero-order chi connectivity index (χ0) is 14.8. The van der Waals surface area contributed by atoms with Crippen LogP contribution in [-0.4, -0.2) is 19.4 Å². The van der Waals surface area contributed by atoms with Crippen molar-refractivity contribution in [1.82, 2.24) is 9.71 Å². The Balaban J connectivity index is 2.08. The lowest BCUT2D eigenvalue weighted by molar-refractivity contribution is 0.560. The van der Waals surface area contributed by atoms with Crippen LogP contribution in [0.5, 0.6) is 0 Å². The Kier molecular flexibility index (Phi) is 4.42. The third-order valence-corrected chi connectivity index (χ3v) is 5.33. The fourth-order valence-electron chi connectivity index (χ4n) is 1.87. The molecule has 2 rings (SSSR count). The molecule has 1 atom stereocenters. The van der Waals surface area contributed by atoms with Crippen molar-refractivity contribution in [3.05, 3.63) is 40.2 Å². The Hall–Kier alpha value is -1.44. The molecular formula is C13H17N3O2S2. The van der Waals surface area contributed by atoms with E-state index in [2.05, 4.69) is 9.71 Å². The number of pyridine rings is 1. The Labute approximate surface area is 122 Å². The molecule has 0 aromatic carbocycles. The van der Waals surface area contributed by atoms with Gasteiger partial charge in [-0.1, -0.05) is 0 Å². The number of sulfonamides is 1. The van der Waals surface area contributed by atoms with Gasteiger partial charge in [-0.15, -0.1) is 11.3 Å². The van der Waals surface area contributed by atoms with Crippen LogP contribution < -0.4 is 10.5 Å². The van der Waals surface area contributed by atoms with Gasteiger partial charge >= 0.3 is 0 Å². The van der Waals surface area contributed by atoms with Crippen molar-refractivity contribution >= 4 is 27.2 Å². The molecule has 2 heterocycles. The van der Waals surface area contributed by atoms with Crippen molar-refractivity contribution in [2.75, 3.05) is 5.73 Å². The second-order valence-electron chi connectivity index (χ2n) is 4.66. The van der Waals surface area contributed by atoms with Crippen LogP contribution in [-0.2, 0) is 16.4 Å². The van der Waals surface area contributed by atoms with E-state index < -0.39 is 10.0 Å². The SMILES string of the molecule is Cc1ccc(CC(C)NS(=O)(=O)c2ccnc(N)c2)s1. The van der Waals surface area contributed by atoms with Crippen molar-refractivity contribution < 1.29 is 8.42 Å². The zero-order valence-corrected chi connectivity index (χ0v) is 13.0. The van der Waals surface area contributed by atoms with Gasteiger partial charge in [-0.3, -0.25) is 0 Å². The van der Waals surface area contributed by atoms with Crippen molar-refractivity contribution in [3.63, 3.8) is 0 Å². The smallest absolute Gasteiger partial charge is 0.241 e. The number of nitrogens with two attached hydrogens (primary N) is 1. The quantitative estimate of drug-likeness (QED) is 0.883. The highest BCUT2D eigenvalue weighted by molar-refractivity contribution is 7.89. The van der Waals surface area contributed by atoms with E-state index in [0.29, 0.717) is 6.42 Å². The number of nitrogens with one attached hydrogen (secondary N) is 1. The molecule has 0 aliphatic rings. The van der Waals surface area contributed by atoms with Gasteiger partial charge in [0.2, 0.25) is 10.0 Å². The molecule has 0 aliphatic heterocycles. The third-order valence-electron chi connectivity index (χ3n) is 2.72. The number of anilines is 1. The average molecular weight is 311 g/mol. The Bertz CT molecular complexity index is 695. The first-order valence-corrected chi connectivity index (χ1v) is 8.46. The summed E-state index contributed by atoms with van der Waals surface area (Å²) in [5.41, 5.74) is 5.51.